The first-order chi connectivity index (χ1) is 10.0. The Bertz CT molecular complexity index is 558. The number of nitrogens with one attached hydrogen (secondary N) is 1. The van der Waals surface area contributed by atoms with Crippen molar-refractivity contribution in [1.82, 2.24) is 0 Å². The van der Waals surface area contributed by atoms with E-state index in [1.54, 1.807) is 0 Å². The van der Waals surface area contributed by atoms with E-state index in [0.29, 0.717) is 6.61 Å². The first-order valence-electron chi connectivity index (χ1n) is 6.44. The second-order valence-corrected chi connectivity index (χ2v) is 4.62. The molecule has 0 unspecified atom stereocenters. The fourth-order valence-electron chi connectivity index (χ4n) is 2.17. The Morgan fingerprint density at radius 3 is 2.95 bits per heavy atom. The molecule has 0 saturated carbocycles. The van der Waals surface area contributed by atoms with Crippen LogP contribution in [0.3, 0.4) is 0 Å². The average Bonchev–Trinajstić information content (AvgIpc) is 2.97. The normalized spacial score (nSPS) is 17.5. The van der Waals surface area contributed by atoms with Crippen molar-refractivity contribution in [3.05, 3.63) is 33.6 Å². The molecule has 8 heteroatoms. The van der Waals surface area contributed by atoms with Crippen molar-refractivity contribution in [3.63, 3.8) is 0 Å². The summed E-state index contributed by atoms with van der Waals surface area (Å²) in [5, 5.41) is 13.7. The lowest BCUT2D eigenvalue weighted by Gasteiger charge is -2.13. The van der Waals surface area contributed by atoms with Crippen LogP contribution in [-0.2, 0) is 9.47 Å². The lowest BCUT2D eigenvalue weighted by Crippen LogP contribution is -2.20. The van der Waals surface area contributed by atoms with Crippen molar-refractivity contribution < 1.29 is 23.6 Å². The minimum Gasteiger partial charge on any atom is -0.465 e. The van der Waals surface area contributed by atoms with Crippen molar-refractivity contribution in [2.75, 3.05) is 25.6 Å². The van der Waals surface area contributed by atoms with Crippen LogP contribution in [0.2, 0.25) is 0 Å². The van der Waals surface area contributed by atoms with E-state index in [1.807, 2.05) is 0 Å². The molecule has 1 aliphatic rings. The van der Waals surface area contributed by atoms with Gasteiger partial charge in [0.2, 0.25) is 0 Å². The van der Waals surface area contributed by atoms with Crippen LogP contribution < -0.4 is 5.32 Å². The smallest absolute Gasteiger partial charge is 0.338 e. The molecule has 0 spiro atoms. The number of hydrogen-bond acceptors (Lipinski definition) is 6. The summed E-state index contributed by atoms with van der Waals surface area (Å²) in [6, 6.07) is 1.91. The number of carbonyl (C=O) groups excluding carboxylic acids is 1. The molecule has 1 atom stereocenters. The molecule has 1 aromatic rings. The molecule has 114 valence electrons. The number of carbonyl (C=O) groups is 1. The quantitative estimate of drug-likeness (QED) is 0.508. The lowest BCUT2D eigenvalue weighted by molar-refractivity contribution is -0.384. The predicted molar refractivity (Wildman–Crippen MR) is 71.9 cm³/mol. The SMILES string of the molecule is COC(=O)c1cc(F)c(NC[C@@H]2CCCO2)c([N+](=O)[O-])c1. The molecule has 1 N–H and O–H groups in total. The second kappa shape index (κ2) is 6.49. The zero-order valence-electron chi connectivity index (χ0n) is 11.4. The molecule has 0 aromatic heterocycles. The Balaban J connectivity index is 2.25. The molecule has 1 saturated heterocycles. The number of methoxy groups -OCH3 is 1. The van der Waals surface area contributed by atoms with Gasteiger partial charge in [-0.25, -0.2) is 9.18 Å². The van der Waals surface area contributed by atoms with Gasteiger partial charge < -0.3 is 14.8 Å². The van der Waals surface area contributed by atoms with Gasteiger partial charge in [0.1, 0.15) is 5.69 Å². The van der Waals surface area contributed by atoms with E-state index in [0.717, 1.165) is 32.1 Å². The highest BCUT2D eigenvalue weighted by molar-refractivity contribution is 5.91. The highest BCUT2D eigenvalue weighted by atomic mass is 19.1. The number of halogens is 1. The summed E-state index contributed by atoms with van der Waals surface area (Å²) >= 11 is 0. The molecule has 0 radical (unpaired) electrons. The maximum atomic E-state index is 14.0. The Morgan fingerprint density at radius 1 is 1.62 bits per heavy atom. The summed E-state index contributed by atoms with van der Waals surface area (Å²) in [5.74, 6) is -1.70. The van der Waals surface area contributed by atoms with Crippen LogP contribution in [0.1, 0.15) is 23.2 Å². The third kappa shape index (κ3) is 3.46. The number of benzene rings is 1. The molecule has 1 fully saturated rings. The Morgan fingerprint density at radius 2 is 2.38 bits per heavy atom. The third-order valence-electron chi connectivity index (χ3n) is 3.22. The number of nitro benzene ring substituents is 1. The molecule has 1 heterocycles. The molecule has 0 bridgehead atoms. The molecular weight excluding hydrogens is 283 g/mol. The van der Waals surface area contributed by atoms with Gasteiger partial charge in [-0.15, -0.1) is 0 Å². The molecule has 1 aromatic carbocycles. The maximum Gasteiger partial charge on any atom is 0.338 e. The van der Waals surface area contributed by atoms with Gasteiger partial charge in [-0.2, -0.15) is 0 Å². The van der Waals surface area contributed by atoms with Crippen molar-refractivity contribution in [3.8, 4) is 0 Å². The number of hydrogen-bond donors (Lipinski definition) is 1. The van der Waals surface area contributed by atoms with Crippen molar-refractivity contribution in [1.29, 1.82) is 0 Å². The lowest BCUT2D eigenvalue weighted by atomic mass is 10.1. The summed E-state index contributed by atoms with van der Waals surface area (Å²) in [7, 11) is 1.12. The van der Waals surface area contributed by atoms with Gasteiger partial charge in [0.15, 0.2) is 5.82 Å². The van der Waals surface area contributed by atoms with Gasteiger partial charge in [0.05, 0.1) is 23.7 Å². The van der Waals surface area contributed by atoms with Crippen molar-refractivity contribution in [2.24, 2.45) is 0 Å². The predicted octanol–water partition coefficient (Wildman–Crippen LogP) is 2.11. The summed E-state index contributed by atoms with van der Waals surface area (Å²) in [5.41, 5.74) is -0.957. The second-order valence-electron chi connectivity index (χ2n) is 4.62. The van der Waals surface area contributed by atoms with E-state index >= 15 is 0 Å². The molecule has 0 aliphatic carbocycles. The van der Waals surface area contributed by atoms with E-state index < -0.39 is 22.4 Å². The fourth-order valence-corrected chi connectivity index (χ4v) is 2.17. The minimum atomic E-state index is -0.873. The molecule has 1 aliphatic heterocycles. The van der Waals surface area contributed by atoms with E-state index in [1.165, 1.54) is 0 Å². The third-order valence-corrected chi connectivity index (χ3v) is 3.22. The molecule has 0 amide bonds. The van der Waals surface area contributed by atoms with Crippen LogP contribution >= 0.6 is 0 Å². The first kappa shape index (κ1) is 15.2. The Kier molecular flexibility index (Phi) is 4.69. The molecule has 21 heavy (non-hydrogen) atoms. The van der Waals surface area contributed by atoms with Crippen LogP contribution in [0.25, 0.3) is 0 Å². The van der Waals surface area contributed by atoms with Gasteiger partial charge in [0, 0.05) is 19.2 Å². The number of anilines is 1. The topological polar surface area (TPSA) is 90.7 Å². The molecule has 2 rings (SSSR count). The highest BCUT2D eigenvalue weighted by Gasteiger charge is 2.24. The van der Waals surface area contributed by atoms with Crippen LogP contribution in [0.5, 0.6) is 0 Å². The minimum absolute atomic E-state index is 0.0933. The fraction of sp³-hybridized carbons (Fsp3) is 0.462. The van der Waals surface area contributed by atoms with Gasteiger partial charge in [-0.1, -0.05) is 0 Å². The monoisotopic (exact) mass is 298 g/mol. The number of nitro groups is 1. The summed E-state index contributed by atoms with van der Waals surface area (Å²) < 4.78 is 23.8. The standard InChI is InChI=1S/C13H15FN2O5/c1-20-13(17)8-5-10(14)12(11(6-8)16(18)19)15-7-9-3-2-4-21-9/h5-6,9,15H,2-4,7H2,1H3/t9-/m0/s1. The van der Waals surface area contributed by atoms with Crippen LogP contribution in [0.4, 0.5) is 15.8 Å². The zero-order chi connectivity index (χ0) is 15.4. The van der Waals surface area contributed by atoms with Crippen LogP contribution in [0, 0.1) is 15.9 Å². The van der Waals surface area contributed by atoms with Gasteiger partial charge in [-0.05, 0) is 18.9 Å². The van der Waals surface area contributed by atoms with E-state index in [9.17, 15) is 19.3 Å². The Hall–Kier alpha value is -2.22. The van der Waals surface area contributed by atoms with Gasteiger partial charge in [0.25, 0.3) is 5.69 Å². The summed E-state index contributed by atoms with van der Waals surface area (Å²) in [6.07, 6.45) is 1.64. The zero-order valence-corrected chi connectivity index (χ0v) is 11.4. The molecular formula is C13H15FN2O5. The van der Waals surface area contributed by atoms with E-state index in [-0.39, 0.29) is 23.9 Å². The van der Waals surface area contributed by atoms with Gasteiger partial charge >= 0.3 is 5.97 Å². The van der Waals surface area contributed by atoms with E-state index in [4.69, 9.17) is 4.74 Å². The number of nitrogens with zero attached hydrogens (tertiary/aromatic N) is 1. The van der Waals surface area contributed by atoms with Crippen LogP contribution in [-0.4, -0.2) is 37.3 Å². The number of rotatable bonds is 5. The average molecular weight is 298 g/mol. The van der Waals surface area contributed by atoms with Crippen molar-refractivity contribution >= 4 is 17.3 Å². The number of esters is 1. The van der Waals surface area contributed by atoms with E-state index in [2.05, 4.69) is 10.1 Å². The maximum absolute atomic E-state index is 14.0. The van der Waals surface area contributed by atoms with Crippen molar-refractivity contribution in [2.45, 2.75) is 18.9 Å². The van der Waals surface area contributed by atoms with Crippen LogP contribution in [0.15, 0.2) is 12.1 Å². The molecule has 7 nitrogen and oxygen atoms in total. The Labute approximate surface area is 120 Å². The summed E-state index contributed by atoms with van der Waals surface area (Å²) in [4.78, 5) is 21.7. The number of ether oxygens (including phenoxy) is 2. The van der Waals surface area contributed by atoms with Gasteiger partial charge in [-0.3, -0.25) is 10.1 Å². The highest BCUT2D eigenvalue weighted by Crippen LogP contribution is 2.30. The summed E-state index contributed by atoms with van der Waals surface area (Å²) in [6.45, 7) is 0.910. The largest absolute Gasteiger partial charge is 0.465 e. The first-order valence-corrected chi connectivity index (χ1v) is 6.44.